The lowest BCUT2D eigenvalue weighted by Crippen LogP contribution is -2.32. The number of carbonyl (C=O) groups is 1. The minimum Gasteiger partial charge on any atom is -0.268 e. The number of nitrogens with one attached hydrogen (secondary N) is 1. The van der Waals surface area contributed by atoms with Gasteiger partial charge in [0.2, 0.25) is 0 Å². The topological polar surface area (TPSA) is 63.2 Å². The Bertz CT molecular complexity index is 904. The lowest BCUT2D eigenvalue weighted by Gasteiger charge is -2.17. The van der Waals surface area contributed by atoms with Gasteiger partial charge in [-0.3, -0.25) is 4.79 Å². The van der Waals surface area contributed by atoms with Crippen molar-refractivity contribution in [2.24, 2.45) is 0 Å². The van der Waals surface area contributed by atoms with Gasteiger partial charge in [-0.2, -0.15) is 0 Å². The Hall–Kier alpha value is -2.11. The number of allylic oxidation sites excluding steroid dienone is 1. The van der Waals surface area contributed by atoms with Crippen molar-refractivity contribution >= 4 is 33.6 Å². The molecule has 2 aromatic rings. The summed E-state index contributed by atoms with van der Waals surface area (Å²) in [7, 11) is -3.89. The van der Waals surface area contributed by atoms with Crippen LogP contribution in [0.4, 0.5) is 0 Å². The number of carbonyl (C=O) groups excluding carboxylic acids is 1. The van der Waals surface area contributed by atoms with Gasteiger partial charge in [0.15, 0.2) is 0 Å². The first kappa shape index (κ1) is 15.8. The van der Waals surface area contributed by atoms with Gasteiger partial charge in [0.25, 0.3) is 15.9 Å². The van der Waals surface area contributed by atoms with Crippen LogP contribution in [0.2, 0.25) is 5.02 Å². The molecule has 0 unspecified atom stereocenters. The summed E-state index contributed by atoms with van der Waals surface area (Å²) >= 11 is 5.93. The second-order valence-electron chi connectivity index (χ2n) is 5.22. The molecule has 118 valence electrons. The monoisotopic (exact) mass is 347 g/mol. The molecule has 1 amide bonds. The summed E-state index contributed by atoms with van der Waals surface area (Å²) in [5, 5.41) is 0.211. The molecule has 0 bridgehead atoms. The van der Waals surface area contributed by atoms with Crippen molar-refractivity contribution in [1.82, 2.24) is 4.72 Å². The molecule has 0 atom stereocenters. The predicted molar refractivity (Wildman–Crippen MR) is 90.6 cm³/mol. The number of benzene rings is 2. The van der Waals surface area contributed by atoms with Gasteiger partial charge in [-0.1, -0.05) is 48.0 Å². The fourth-order valence-corrected chi connectivity index (χ4v) is 3.87. The predicted octanol–water partition coefficient (Wildman–Crippen LogP) is 3.39. The van der Waals surface area contributed by atoms with Crippen molar-refractivity contribution in [3.05, 3.63) is 75.1 Å². The molecule has 0 fully saturated rings. The molecule has 0 radical (unpaired) electrons. The fraction of sp³-hybridized carbons (Fsp3) is 0.118. The molecule has 1 aliphatic carbocycles. The summed E-state index contributed by atoms with van der Waals surface area (Å²) < 4.78 is 27.0. The van der Waals surface area contributed by atoms with E-state index < -0.39 is 15.9 Å². The minimum absolute atomic E-state index is 0.134. The number of fused-ring (bicyclic) bond motifs is 1. The molecule has 0 saturated carbocycles. The zero-order chi connectivity index (χ0) is 16.4. The number of halogens is 1. The summed E-state index contributed by atoms with van der Waals surface area (Å²) in [5.41, 5.74) is 2.10. The molecule has 1 N–H and O–H groups in total. The minimum atomic E-state index is -3.89. The molecule has 0 spiro atoms. The molecule has 0 aliphatic heterocycles. The Morgan fingerprint density at radius 1 is 1.00 bits per heavy atom. The zero-order valence-electron chi connectivity index (χ0n) is 12.1. The average molecular weight is 348 g/mol. The molecule has 0 heterocycles. The van der Waals surface area contributed by atoms with E-state index in [9.17, 15) is 13.2 Å². The number of amides is 1. The number of hydrogen-bond donors (Lipinski definition) is 1. The SMILES string of the molecule is O=C(NS(=O)(=O)C1=Cc2ccccc2CC1)c1ccccc1Cl. The van der Waals surface area contributed by atoms with Crippen LogP contribution < -0.4 is 4.72 Å². The van der Waals surface area contributed by atoms with Gasteiger partial charge in [0.1, 0.15) is 0 Å². The maximum Gasteiger partial charge on any atom is 0.266 e. The first-order chi connectivity index (χ1) is 11.0. The summed E-state index contributed by atoms with van der Waals surface area (Å²) in [4.78, 5) is 12.4. The van der Waals surface area contributed by atoms with Crippen molar-refractivity contribution in [1.29, 1.82) is 0 Å². The smallest absolute Gasteiger partial charge is 0.266 e. The Labute approximate surface area is 139 Å². The fourth-order valence-electron chi connectivity index (χ4n) is 2.51. The van der Waals surface area contributed by atoms with Crippen LogP contribution in [-0.4, -0.2) is 14.3 Å². The molecule has 4 nitrogen and oxygen atoms in total. The Morgan fingerprint density at radius 3 is 2.48 bits per heavy atom. The van der Waals surface area contributed by atoms with Gasteiger partial charge >= 0.3 is 0 Å². The third-order valence-electron chi connectivity index (χ3n) is 3.70. The molecule has 0 saturated heterocycles. The van der Waals surface area contributed by atoms with Crippen molar-refractivity contribution in [3.63, 3.8) is 0 Å². The lowest BCUT2D eigenvalue weighted by atomic mass is 9.98. The molecule has 6 heteroatoms. The highest BCUT2D eigenvalue weighted by Crippen LogP contribution is 2.26. The first-order valence-corrected chi connectivity index (χ1v) is 8.93. The lowest BCUT2D eigenvalue weighted by molar-refractivity contribution is 0.0982. The van der Waals surface area contributed by atoms with E-state index in [0.717, 1.165) is 11.1 Å². The molecular weight excluding hydrogens is 334 g/mol. The first-order valence-electron chi connectivity index (χ1n) is 7.07. The highest BCUT2D eigenvalue weighted by atomic mass is 35.5. The van der Waals surface area contributed by atoms with Gasteiger partial charge in [0, 0.05) is 0 Å². The molecule has 0 aromatic heterocycles. The van der Waals surface area contributed by atoms with E-state index in [0.29, 0.717) is 12.8 Å². The van der Waals surface area contributed by atoms with Crippen LogP contribution >= 0.6 is 11.6 Å². The van der Waals surface area contributed by atoms with Crippen LogP contribution in [0.25, 0.3) is 6.08 Å². The molecule has 23 heavy (non-hydrogen) atoms. The molecule has 2 aromatic carbocycles. The molecular formula is C17H14ClNO3S. The van der Waals surface area contributed by atoms with Crippen LogP contribution in [-0.2, 0) is 16.4 Å². The Morgan fingerprint density at radius 2 is 1.70 bits per heavy atom. The van der Waals surface area contributed by atoms with Crippen LogP contribution in [0.15, 0.2) is 53.4 Å². The van der Waals surface area contributed by atoms with E-state index >= 15 is 0 Å². The van der Waals surface area contributed by atoms with Crippen LogP contribution in [0.1, 0.15) is 27.9 Å². The van der Waals surface area contributed by atoms with Crippen LogP contribution in [0.3, 0.4) is 0 Å². The number of sulfonamides is 1. The van der Waals surface area contributed by atoms with Crippen LogP contribution in [0.5, 0.6) is 0 Å². The Kier molecular flexibility index (Phi) is 4.24. The van der Waals surface area contributed by atoms with E-state index in [2.05, 4.69) is 4.72 Å². The third kappa shape index (κ3) is 3.30. The number of hydrogen-bond acceptors (Lipinski definition) is 3. The van der Waals surface area contributed by atoms with E-state index in [1.807, 2.05) is 24.3 Å². The zero-order valence-corrected chi connectivity index (χ0v) is 13.7. The maximum atomic E-state index is 12.4. The van der Waals surface area contributed by atoms with Crippen molar-refractivity contribution in [2.45, 2.75) is 12.8 Å². The highest BCUT2D eigenvalue weighted by molar-refractivity contribution is 7.94. The van der Waals surface area contributed by atoms with Crippen molar-refractivity contribution in [3.8, 4) is 0 Å². The highest BCUT2D eigenvalue weighted by Gasteiger charge is 2.24. The van der Waals surface area contributed by atoms with E-state index in [-0.39, 0.29) is 15.5 Å². The van der Waals surface area contributed by atoms with E-state index in [4.69, 9.17) is 11.6 Å². The number of aryl methyl sites for hydroxylation is 1. The summed E-state index contributed by atoms with van der Waals surface area (Å²) in [6, 6.07) is 13.9. The summed E-state index contributed by atoms with van der Waals surface area (Å²) in [6.07, 6.45) is 2.60. The van der Waals surface area contributed by atoms with Crippen LogP contribution in [0, 0.1) is 0 Å². The normalized spacial score (nSPS) is 13.9. The van der Waals surface area contributed by atoms with E-state index in [1.54, 1.807) is 24.3 Å². The quantitative estimate of drug-likeness (QED) is 0.925. The second kappa shape index (κ2) is 6.18. The van der Waals surface area contributed by atoms with Gasteiger partial charge in [-0.05, 0) is 42.2 Å². The average Bonchev–Trinajstić information content (AvgIpc) is 2.54. The standard InChI is InChI=1S/C17H14ClNO3S/c18-16-8-4-3-7-15(16)17(20)19-23(21,22)14-10-9-12-5-1-2-6-13(12)11-14/h1-8,11H,9-10H2,(H,19,20). The maximum absolute atomic E-state index is 12.4. The van der Waals surface area contributed by atoms with Crippen molar-refractivity contribution < 1.29 is 13.2 Å². The van der Waals surface area contributed by atoms with Crippen molar-refractivity contribution in [2.75, 3.05) is 0 Å². The van der Waals surface area contributed by atoms with Gasteiger partial charge < -0.3 is 0 Å². The second-order valence-corrected chi connectivity index (χ2v) is 7.37. The summed E-state index contributed by atoms with van der Waals surface area (Å²) in [6.45, 7) is 0. The van der Waals surface area contributed by atoms with Gasteiger partial charge in [-0.15, -0.1) is 0 Å². The largest absolute Gasteiger partial charge is 0.268 e. The summed E-state index contributed by atoms with van der Waals surface area (Å²) in [5.74, 6) is -0.727. The number of rotatable bonds is 3. The molecule has 1 aliphatic rings. The Balaban J connectivity index is 1.87. The molecule has 3 rings (SSSR count). The third-order valence-corrected chi connectivity index (χ3v) is 5.50. The van der Waals surface area contributed by atoms with E-state index in [1.165, 1.54) is 6.07 Å². The van der Waals surface area contributed by atoms with Gasteiger partial charge in [0.05, 0.1) is 15.5 Å². The van der Waals surface area contributed by atoms with Gasteiger partial charge in [-0.25, -0.2) is 13.1 Å².